The second-order valence-corrected chi connectivity index (χ2v) is 6.79. The molecule has 10 nitrogen and oxygen atoms in total. The highest BCUT2D eigenvalue weighted by molar-refractivity contribution is 5.82. The Kier molecular flexibility index (Phi) is 4.09. The predicted octanol–water partition coefficient (Wildman–Crippen LogP) is 1.62. The average Bonchev–Trinajstić information content (AvgIpc) is 3.41. The molecule has 3 N–H and O–H groups in total. The van der Waals surface area contributed by atoms with Gasteiger partial charge in [-0.2, -0.15) is 5.21 Å². The molecular formula is C20H16N8O2. The summed E-state index contributed by atoms with van der Waals surface area (Å²) < 4.78 is 1.75. The van der Waals surface area contributed by atoms with E-state index < -0.39 is 11.1 Å². The molecule has 0 atom stereocenters. The second kappa shape index (κ2) is 6.92. The highest BCUT2D eigenvalue weighted by Gasteiger charge is 2.17. The van der Waals surface area contributed by atoms with Crippen molar-refractivity contribution in [1.29, 1.82) is 0 Å². The number of aromatic nitrogens is 8. The van der Waals surface area contributed by atoms with Crippen LogP contribution < -0.4 is 11.1 Å². The molecule has 0 aliphatic heterocycles. The standard InChI is InChI=1S/C20H16N8O2/c1-11-21-16-17(20(30)25-24-19(16)29)28(11)10-12-6-2-3-7-13(12)14-8-4-5-9-15(14)18-22-26-27-23-18/h2-9H,10H2,1H3,(H,24,29)(H,25,30)(H,22,23,26,27). The molecule has 0 fully saturated rings. The average molecular weight is 400 g/mol. The number of imidazole rings is 1. The fourth-order valence-corrected chi connectivity index (χ4v) is 3.66. The molecule has 0 radical (unpaired) electrons. The number of fused-ring (bicyclic) bond motifs is 1. The molecule has 10 heteroatoms. The highest BCUT2D eigenvalue weighted by atomic mass is 16.1. The fourth-order valence-electron chi connectivity index (χ4n) is 3.66. The Morgan fingerprint density at radius 3 is 2.37 bits per heavy atom. The second-order valence-electron chi connectivity index (χ2n) is 6.79. The summed E-state index contributed by atoms with van der Waals surface area (Å²) in [6, 6.07) is 15.6. The number of hydrogen-bond donors (Lipinski definition) is 3. The van der Waals surface area contributed by atoms with Crippen LogP contribution in [-0.4, -0.2) is 40.4 Å². The number of rotatable bonds is 4. The van der Waals surface area contributed by atoms with E-state index in [2.05, 4.69) is 35.8 Å². The first-order valence-electron chi connectivity index (χ1n) is 9.22. The molecule has 3 heterocycles. The molecule has 0 amide bonds. The zero-order valence-corrected chi connectivity index (χ0v) is 15.9. The Morgan fingerprint density at radius 2 is 1.60 bits per heavy atom. The largest absolute Gasteiger partial charge is 0.319 e. The highest BCUT2D eigenvalue weighted by Crippen LogP contribution is 2.32. The van der Waals surface area contributed by atoms with Crippen molar-refractivity contribution in [2.75, 3.05) is 0 Å². The lowest BCUT2D eigenvalue weighted by molar-refractivity contribution is 0.781. The van der Waals surface area contributed by atoms with E-state index in [4.69, 9.17) is 0 Å². The van der Waals surface area contributed by atoms with Crippen molar-refractivity contribution >= 4 is 11.0 Å². The van der Waals surface area contributed by atoms with Gasteiger partial charge in [-0.25, -0.2) is 4.98 Å². The molecule has 5 aromatic rings. The quantitative estimate of drug-likeness (QED) is 0.419. The normalized spacial score (nSPS) is 11.2. The van der Waals surface area contributed by atoms with Gasteiger partial charge in [0, 0.05) is 5.56 Å². The van der Waals surface area contributed by atoms with E-state index in [0.717, 1.165) is 22.3 Å². The van der Waals surface area contributed by atoms with Crippen LogP contribution in [0.2, 0.25) is 0 Å². The summed E-state index contributed by atoms with van der Waals surface area (Å²) in [5, 5.41) is 19.1. The van der Waals surface area contributed by atoms with E-state index in [1.165, 1.54) is 0 Å². The lowest BCUT2D eigenvalue weighted by Crippen LogP contribution is -2.21. The molecule has 30 heavy (non-hydrogen) atoms. The molecule has 0 spiro atoms. The Hall–Kier alpha value is -4.34. The van der Waals surface area contributed by atoms with Gasteiger partial charge in [0.05, 0.1) is 6.54 Å². The molecule has 0 bridgehead atoms. The lowest BCUT2D eigenvalue weighted by atomic mass is 9.95. The third-order valence-electron chi connectivity index (χ3n) is 5.03. The summed E-state index contributed by atoms with van der Waals surface area (Å²) in [5.74, 6) is 1.07. The molecule has 0 unspecified atom stereocenters. The molecule has 5 rings (SSSR count). The molecule has 3 aromatic heterocycles. The first-order valence-corrected chi connectivity index (χ1v) is 9.22. The van der Waals surface area contributed by atoms with E-state index >= 15 is 0 Å². The van der Waals surface area contributed by atoms with Gasteiger partial charge in [0.1, 0.15) is 11.3 Å². The van der Waals surface area contributed by atoms with E-state index in [-0.39, 0.29) is 11.0 Å². The Balaban J connectivity index is 1.69. The Morgan fingerprint density at radius 1 is 0.900 bits per heavy atom. The van der Waals surface area contributed by atoms with Gasteiger partial charge in [-0.15, -0.1) is 10.2 Å². The van der Waals surface area contributed by atoms with Crippen molar-refractivity contribution in [3.05, 3.63) is 80.6 Å². The van der Waals surface area contributed by atoms with Crippen molar-refractivity contribution in [3.63, 3.8) is 0 Å². The third kappa shape index (κ3) is 2.82. The van der Waals surface area contributed by atoms with Crippen LogP contribution in [0.1, 0.15) is 11.4 Å². The van der Waals surface area contributed by atoms with Gasteiger partial charge in [0.25, 0.3) is 11.1 Å². The van der Waals surface area contributed by atoms with Crippen molar-refractivity contribution < 1.29 is 0 Å². The van der Waals surface area contributed by atoms with E-state index in [0.29, 0.717) is 18.2 Å². The summed E-state index contributed by atoms with van der Waals surface area (Å²) in [5.41, 5.74) is 3.23. The molecule has 0 aliphatic carbocycles. The predicted molar refractivity (Wildman–Crippen MR) is 110 cm³/mol. The van der Waals surface area contributed by atoms with Gasteiger partial charge in [-0.05, 0) is 28.8 Å². The van der Waals surface area contributed by atoms with Crippen LogP contribution in [0.4, 0.5) is 0 Å². The summed E-state index contributed by atoms with van der Waals surface area (Å²) in [6.07, 6.45) is 0. The van der Waals surface area contributed by atoms with E-state index in [1.807, 2.05) is 48.5 Å². The Bertz CT molecular complexity index is 1480. The molecule has 148 valence electrons. The minimum Gasteiger partial charge on any atom is -0.319 e. The zero-order valence-electron chi connectivity index (χ0n) is 15.9. The first kappa shape index (κ1) is 17.7. The summed E-state index contributed by atoms with van der Waals surface area (Å²) in [6.45, 7) is 2.14. The summed E-state index contributed by atoms with van der Waals surface area (Å²) in [7, 11) is 0. The Labute approximate surface area is 168 Å². The van der Waals surface area contributed by atoms with E-state index in [9.17, 15) is 9.59 Å². The van der Waals surface area contributed by atoms with Crippen LogP contribution in [0, 0.1) is 6.92 Å². The molecule has 0 saturated carbocycles. The first-order chi connectivity index (χ1) is 14.6. The number of H-pyrrole nitrogens is 3. The van der Waals surface area contributed by atoms with Crippen LogP contribution in [0.3, 0.4) is 0 Å². The fraction of sp³-hybridized carbons (Fsp3) is 0.100. The van der Waals surface area contributed by atoms with Gasteiger partial charge in [-0.1, -0.05) is 48.5 Å². The number of aryl methyl sites for hydroxylation is 1. The maximum atomic E-state index is 12.4. The topological polar surface area (TPSA) is 138 Å². The summed E-state index contributed by atoms with van der Waals surface area (Å²) >= 11 is 0. The van der Waals surface area contributed by atoms with Gasteiger partial charge < -0.3 is 4.57 Å². The van der Waals surface area contributed by atoms with Crippen molar-refractivity contribution in [2.24, 2.45) is 0 Å². The van der Waals surface area contributed by atoms with Crippen LogP contribution in [0.5, 0.6) is 0 Å². The van der Waals surface area contributed by atoms with Gasteiger partial charge in [0.2, 0.25) is 5.82 Å². The van der Waals surface area contributed by atoms with Crippen LogP contribution in [-0.2, 0) is 6.54 Å². The van der Waals surface area contributed by atoms with Crippen molar-refractivity contribution in [3.8, 4) is 22.5 Å². The van der Waals surface area contributed by atoms with Crippen molar-refractivity contribution in [2.45, 2.75) is 13.5 Å². The van der Waals surface area contributed by atoms with Crippen LogP contribution >= 0.6 is 0 Å². The number of aromatic amines is 3. The number of nitrogens with one attached hydrogen (secondary N) is 3. The maximum absolute atomic E-state index is 12.4. The van der Waals surface area contributed by atoms with Crippen molar-refractivity contribution in [1.82, 2.24) is 40.4 Å². The number of hydrogen-bond acceptors (Lipinski definition) is 6. The van der Waals surface area contributed by atoms with Crippen LogP contribution in [0.25, 0.3) is 33.5 Å². The third-order valence-corrected chi connectivity index (χ3v) is 5.03. The lowest BCUT2D eigenvalue weighted by Gasteiger charge is -2.14. The molecule has 2 aromatic carbocycles. The smallest absolute Gasteiger partial charge is 0.290 e. The molecule has 0 saturated heterocycles. The number of nitrogens with zero attached hydrogens (tertiary/aromatic N) is 5. The molecule has 0 aliphatic rings. The SMILES string of the molecule is Cc1nc2c(=O)[nH][nH]c(=O)c2n1Cc1ccccc1-c1ccccc1-c1nn[nH]n1. The summed E-state index contributed by atoms with van der Waals surface area (Å²) in [4.78, 5) is 28.8. The number of benzene rings is 2. The molecular weight excluding hydrogens is 384 g/mol. The van der Waals surface area contributed by atoms with Crippen LogP contribution in [0.15, 0.2) is 58.1 Å². The van der Waals surface area contributed by atoms with Gasteiger partial charge in [-0.3, -0.25) is 19.8 Å². The van der Waals surface area contributed by atoms with Gasteiger partial charge >= 0.3 is 0 Å². The minimum atomic E-state index is -0.429. The maximum Gasteiger partial charge on any atom is 0.290 e. The zero-order chi connectivity index (χ0) is 20.7. The number of tetrazole rings is 1. The monoisotopic (exact) mass is 400 g/mol. The van der Waals surface area contributed by atoms with E-state index in [1.54, 1.807) is 11.5 Å². The van der Waals surface area contributed by atoms with Gasteiger partial charge in [0.15, 0.2) is 5.52 Å². The minimum absolute atomic E-state index is 0.126.